The Morgan fingerprint density at radius 1 is 0.875 bits per heavy atom. The zero-order chi connectivity index (χ0) is 11.0. The second kappa shape index (κ2) is 3.68. The predicted octanol–water partition coefficient (Wildman–Crippen LogP) is 3.52. The molecule has 0 aliphatic carbocycles. The summed E-state index contributed by atoms with van der Waals surface area (Å²) in [5, 5.41) is 0.877. The summed E-state index contributed by atoms with van der Waals surface area (Å²) >= 11 is 0. The molecule has 1 unspecified atom stereocenters. The van der Waals surface area contributed by atoms with E-state index in [4.69, 9.17) is 4.78 Å². The molecule has 0 amide bonds. The van der Waals surface area contributed by atoms with Gasteiger partial charge in [0.05, 0.1) is 10.6 Å². The molecule has 2 nitrogen and oxygen atoms in total. The first-order chi connectivity index (χ1) is 7.86. The molecule has 0 saturated carbocycles. The first kappa shape index (κ1) is 9.48. The lowest BCUT2D eigenvalue weighted by Crippen LogP contribution is -2.02. The van der Waals surface area contributed by atoms with Crippen LogP contribution < -0.4 is 0 Å². The zero-order valence-corrected chi connectivity index (χ0v) is 9.37. The molecule has 0 radical (unpaired) electrons. The first-order valence-electron chi connectivity index (χ1n) is 5.05. The molecule has 0 fully saturated rings. The SMILES string of the molecule is N=S1C(c2ccccc2)=Nc2ccccc21. The van der Waals surface area contributed by atoms with Gasteiger partial charge < -0.3 is 0 Å². The molecule has 0 spiro atoms. The third-order valence-electron chi connectivity index (χ3n) is 2.52. The van der Waals surface area contributed by atoms with Crippen LogP contribution in [0.15, 0.2) is 64.5 Å². The predicted molar refractivity (Wildman–Crippen MR) is 67.4 cm³/mol. The molecule has 2 aromatic carbocycles. The van der Waals surface area contributed by atoms with Crippen LogP contribution in [-0.2, 0) is 10.7 Å². The topological polar surface area (TPSA) is 36.2 Å². The number of benzene rings is 2. The smallest absolute Gasteiger partial charge is 0.119 e. The number of hydrogen-bond acceptors (Lipinski definition) is 2. The van der Waals surface area contributed by atoms with Gasteiger partial charge in [0.1, 0.15) is 5.04 Å². The van der Waals surface area contributed by atoms with Crippen LogP contribution in [0.3, 0.4) is 0 Å². The highest BCUT2D eigenvalue weighted by atomic mass is 32.2. The van der Waals surface area contributed by atoms with Crippen LogP contribution in [0.25, 0.3) is 0 Å². The van der Waals surface area contributed by atoms with Gasteiger partial charge in [-0.2, -0.15) is 0 Å². The maximum absolute atomic E-state index is 8.21. The highest BCUT2D eigenvalue weighted by molar-refractivity contribution is 8.02. The Bertz CT molecular complexity index is 588. The largest absolute Gasteiger partial charge is 0.269 e. The maximum atomic E-state index is 8.21. The summed E-state index contributed by atoms with van der Waals surface area (Å²) in [4.78, 5) is 5.57. The van der Waals surface area contributed by atoms with E-state index in [2.05, 4.69) is 4.99 Å². The van der Waals surface area contributed by atoms with Crippen molar-refractivity contribution < 1.29 is 0 Å². The molecule has 1 atom stereocenters. The Kier molecular flexibility index (Phi) is 2.18. The standard InChI is InChI=1S/C13H10N2S/c14-16-12-9-5-4-8-11(12)15-13(16)10-6-2-1-3-7-10/h1-9,14H. The van der Waals surface area contributed by atoms with Crippen molar-refractivity contribution >= 4 is 21.4 Å². The molecule has 16 heavy (non-hydrogen) atoms. The molecule has 0 aromatic heterocycles. The van der Waals surface area contributed by atoms with Crippen LogP contribution in [0.1, 0.15) is 5.56 Å². The third kappa shape index (κ3) is 1.41. The Balaban J connectivity index is 2.13. The van der Waals surface area contributed by atoms with Crippen molar-refractivity contribution in [3.8, 4) is 0 Å². The van der Waals surface area contributed by atoms with E-state index in [0.29, 0.717) is 0 Å². The highest BCUT2D eigenvalue weighted by Crippen LogP contribution is 2.32. The molecule has 0 saturated heterocycles. The molecule has 1 heterocycles. The summed E-state index contributed by atoms with van der Waals surface area (Å²) < 4.78 is 8.21. The van der Waals surface area contributed by atoms with Crippen molar-refractivity contribution in [2.45, 2.75) is 4.90 Å². The van der Waals surface area contributed by atoms with Crippen molar-refractivity contribution in [2.24, 2.45) is 4.99 Å². The van der Waals surface area contributed by atoms with Gasteiger partial charge in [-0.25, -0.2) is 4.99 Å². The van der Waals surface area contributed by atoms with E-state index in [1.807, 2.05) is 54.6 Å². The van der Waals surface area contributed by atoms with Crippen molar-refractivity contribution in [3.63, 3.8) is 0 Å². The summed E-state index contributed by atoms with van der Waals surface area (Å²) in [6.07, 6.45) is 0. The van der Waals surface area contributed by atoms with E-state index in [1.54, 1.807) is 0 Å². The maximum Gasteiger partial charge on any atom is 0.119 e. The lowest BCUT2D eigenvalue weighted by molar-refractivity contribution is 1.39. The Labute approximate surface area is 96.6 Å². The lowest BCUT2D eigenvalue weighted by atomic mass is 10.2. The fourth-order valence-corrected chi connectivity index (χ4v) is 3.05. The van der Waals surface area contributed by atoms with Crippen LogP contribution in [0.5, 0.6) is 0 Å². The molecule has 3 rings (SSSR count). The summed E-state index contributed by atoms with van der Waals surface area (Å²) in [6.45, 7) is 0. The van der Waals surface area contributed by atoms with Crippen LogP contribution in [0, 0.1) is 4.78 Å². The van der Waals surface area contributed by atoms with E-state index in [1.165, 1.54) is 0 Å². The van der Waals surface area contributed by atoms with E-state index in [-0.39, 0.29) is 0 Å². The van der Waals surface area contributed by atoms with E-state index in [9.17, 15) is 0 Å². The molecular formula is C13H10N2S. The van der Waals surface area contributed by atoms with Crippen molar-refractivity contribution in [1.82, 2.24) is 0 Å². The zero-order valence-electron chi connectivity index (χ0n) is 8.55. The Morgan fingerprint density at radius 2 is 1.56 bits per heavy atom. The number of nitrogens with one attached hydrogen (secondary N) is 1. The second-order valence-corrected chi connectivity index (χ2v) is 5.00. The van der Waals surface area contributed by atoms with E-state index in [0.717, 1.165) is 21.2 Å². The van der Waals surface area contributed by atoms with Gasteiger partial charge in [-0.1, -0.05) is 42.5 Å². The Morgan fingerprint density at radius 3 is 2.31 bits per heavy atom. The fraction of sp³-hybridized carbons (Fsp3) is 0. The molecular weight excluding hydrogens is 216 g/mol. The molecule has 1 aliphatic heterocycles. The van der Waals surface area contributed by atoms with Crippen molar-refractivity contribution in [3.05, 3.63) is 60.2 Å². The molecule has 1 N–H and O–H groups in total. The van der Waals surface area contributed by atoms with Gasteiger partial charge in [-0.15, -0.1) is 0 Å². The van der Waals surface area contributed by atoms with Crippen LogP contribution in [0.4, 0.5) is 5.69 Å². The minimum Gasteiger partial charge on any atom is -0.269 e. The number of nitrogens with zero attached hydrogens (tertiary/aromatic N) is 1. The molecule has 1 aliphatic rings. The molecule has 78 valence electrons. The highest BCUT2D eigenvalue weighted by Gasteiger charge is 2.20. The van der Waals surface area contributed by atoms with Crippen LogP contribution in [-0.4, -0.2) is 5.04 Å². The number of para-hydroxylation sites is 1. The van der Waals surface area contributed by atoms with Gasteiger partial charge in [-0.05, 0) is 22.8 Å². The van der Waals surface area contributed by atoms with E-state index < -0.39 is 10.7 Å². The third-order valence-corrected chi connectivity index (χ3v) is 4.02. The number of aliphatic imine (C=N–C) groups is 1. The van der Waals surface area contributed by atoms with Gasteiger partial charge in [0.2, 0.25) is 0 Å². The normalized spacial score (nSPS) is 18.0. The quantitative estimate of drug-likeness (QED) is 0.772. The van der Waals surface area contributed by atoms with Gasteiger partial charge in [-0.3, -0.25) is 4.78 Å². The fourth-order valence-electron chi connectivity index (χ4n) is 1.74. The second-order valence-electron chi connectivity index (χ2n) is 3.56. The van der Waals surface area contributed by atoms with E-state index >= 15 is 0 Å². The summed E-state index contributed by atoms with van der Waals surface area (Å²) in [5.41, 5.74) is 2.00. The van der Waals surface area contributed by atoms with Gasteiger partial charge in [0.25, 0.3) is 0 Å². The minimum absolute atomic E-state index is 0.637. The average Bonchev–Trinajstić information content (AvgIpc) is 2.69. The Hall–Kier alpha value is -1.74. The molecule has 2 aromatic rings. The molecule has 0 bridgehead atoms. The monoisotopic (exact) mass is 226 g/mol. The van der Waals surface area contributed by atoms with Crippen molar-refractivity contribution in [1.29, 1.82) is 4.78 Å². The van der Waals surface area contributed by atoms with Crippen LogP contribution >= 0.6 is 0 Å². The van der Waals surface area contributed by atoms with Gasteiger partial charge >= 0.3 is 0 Å². The minimum atomic E-state index is -0.637. The summed E-state index contributed by atoms with van der Waals surface area (Å²) in [6, 6.07) is 17.9. The average molecular weight is 226 g/mol. The summed E-state index contributed by atoms with van der Waals surface area (Å²) in [5.74, 6) is 0. The van der Waals surface area contributed by atoms with Gasteiger partial charge in [0.15, 0.2) is 0 Å². The number of fused-ring (bicyclic) bond motifs is 1. The van der Waals surface area contributed by atoms with Crippen LogP contribution in [0.2, 0.25) is 0 Å². The van der Waals surface area contributed by atoms with Gasteiger partial charge in [0, 0.05) is 5.56 Å². The number of rotatable bonds is 1. The summed E-state index contributed by atoms with van der Waals surface area (Å²) in [7, 11) is -0.637. The number of hydrogen-bond donors (Lipinski definition) is 1. The molecule has 3 heteroatoms. The van der Waals surface area contributed by atoms with Crippen molar-refractivity contribution in [2.75, 3.05) is 0 Å². The first-order valence-corrected chi connectivity index (χ1v) is 6.27. The lowest BCUT2D eigenvalue weighted by Gasteiger charge is -2.01.